The van der Waals surface area contributed by atoms with E-state index >= 15 is 0 Å². The normalized spacial score (nSPS) is 19.2. The maximum absolute atomic E-state index is 12.0. The van der Waals surface area contributed by atoms with Crippen molar-refractivity contribution in [3.8, 4) is 11.8 Å². The number of amides is 1. The Morgan fingerprint density at radius 1 is 1.22 bits per heavy atom. The van der Waals surface area contributed by atoms with Crippen molar-refractivity contribution in [2.45, 2.75) is 91.0 Å². The highest BCUT2D eigenvalue weighted by Crippen LogP contribution is 2.21. The molecular weight excluding hydrogens is 282 g/mol. The summed E-state index contributed by atoms with van der Waals surface area (Å²) in [6.07, 6.45) is 15.5. The highest BCUT2D eigenvalue weighted by molar-refractivity contribution is 5.79. The quantitative estimate of drug-likeness (QED) is 0.303. The Balaban J connectivity index is 2.32. The average molecular weight is 318 g/mol. The summed E-state index contributed by atoms with van der Waals surface area (Å²) >= 11 is 0. The molecule has 0 aromatic rings. The van der Waals surface area contributed by atoms with E-state index in [1.807, 2.05) is 0 Å². The van der Waals surface area contributed by atoms with Gasteiger partial charge in [-0.25, -0.2) is 0 Å². The Bertz CT molecular complexity index is 415. The lowest BCUT2D eigenvalue weighted by Crippen LogP contribution is -2.32. The van der Waals surface area contributed by atoms with Gasteiger partial charge < -0.3 is 4.90 Å². The molecule has 2 nitrogen and oxygen atoms in total. The van der Waals surface area contributed by atoms with Crippen LogP contribution in [-0.4, -0.2) is 23.4 Å². The lowest BCUT2D eigenvalue weighted by molar-refractivity contribution is -0.128. The van der Waals surface area contributed by atoms with Crippen LogP contribution in [0, 0.1) is 17.8 Å². The SMILES string of the molecule is CCC#CCC(C)C/C=C/C1CCC(=O)N1CCCCCCC. The van der Waals surface area contributed by atoms with Crippen LogP contribution in [0.4, 0.5) is 0 Å². The Kier molecular flexibility index (Phi) is 10.5. The Hall–Kier alpha value is -1.23. The van der Waals surface area contributed by atoms with E-state index < -0.39 is 0 Å². The highest BCUT2D eigenvalue weighted by Gasteiger charge is 2.28. The van der Waals surface area contributed by atoms with Gasteiger partial charge in [0.2, 0.25) is 5.91 Å². The van der Waals surface area contributed by atoms with Crippen LogP contribution >= 0.6 is 0 Å². The van der Waals surface area contributed by atoms with Gasteiger partial charge in [-0.1, -0.05) is 58.6 Å². The predicted molar refractivity (Wildman–Crippen MR) is 99.1 cm³/mol. The number of allylic oxidation sites excluding steroid dienone is 1. The number of hydrogen-bond donors (Lipinski definition) is 0. The second-order valence-corrected chi connectivity index (χ2v) is 6.79. The first kappa shape index (κ1) is 19.8. The van der Waals surface area contributed by atoms with Crippen LogP contribution in [0.25, 0.3) is 0 Å². The van der Waals surface area contributed by atoms with Gasteiger partial charge >= 0.3 is 0 Å². The van der Waals surface area contributed by atoms with Crippen LogP contribution in [0.15, 0.2) is 12.2 Å². The van der Waals surface area contributed by atoms with Crippen molar-refractivity contribution < 1.29 is 4.79 Å². The molecule has 0 saturated carbocycles. The Morgan fingerprint density at radius 2 is 2.00 bits per heavy atom. The van der Waals surface area contributed by atoms with Crippen LogP contribution in [-0.2, 0) is 4.79 Å². The molecule has 0 aromatic heterocycles. The molecule has 0 bridgehead atoms. The fraction of sp³-hybridized carbons (Fsp3) is 0.762. The molecule has 1 rings (SSSR count). The van der Waals surface area contributed by atoms with Crippen molar-refractivity contribution in [3.63, 3.8) is 0 Å². The summed E-state index contributed by atoms with van der Waals surface area (Å²) in [6.45, 7) is 7.51. The average Bonchev–Trinajstić information content (AvgIpc) is 2.88. The van der Waals surface area contributed by atoms with Gasteiger partial charge in [0.25, 0.3) is 0 Å². The van der Waals surface area contributed by atoms with Crippen molar-refractivity contribution >= 4 is 5.91 Å². The second-order valence-electron chi connectivity index (χ2n) is 6.79. The number of likely N-dealkylation sites (tertiary alicyclic amines) is 1. The fourth-order valence-corrected chi connectivity index (χ4v) is 3.05. The number of carbonyl (C=O) groups excluding carboxylic acids is 1. The minimum Gasteiger partial charge on any atom is -0.336 e. The molecule has 1 fully saturated rings. The first-order valence-electron chi connectivity index (χ1n) is 9.60. The third-order valence-corrected chi connectivity index (χ3v) is 4.53. The van der Waals surface area contributed by atoms with E-state index in [-0.39, 0.29) is 0 Å². The van der Waals surface area contributed by atoms with Crippen molar-refractivity contribution in [2.24, 2.45) is 5.92 Å². The number of carbonyl (C=O) groups is 1. The van der Waals surface area contributed by atoms with Gasteiger partial charge in [0.05, 0.1) is 6.04 Å². The van der Waals surface area contributed by atoms with Gasteiger partial charge in [0.1, 0.15) is 0 Å². The molecule has 0 spiro atoms. The van der Waals surface area contributed by atoms with Crippen molar-refractivity contribution in [1.82, 2.24) is 4.90 Å². The van der Waals surface area contributed by atoms with Gasteiger partial charge in [0, 0.05) is 25.8 Å². The van der Waals surface area contributed by atoms with Crippen LogP contribution in [0.1, 0.15) is 85.0 Å². The van der Waals surface area contributed by atoms with Gasteiger partial charge in [-0.05, 0) is 25.2 Å². The van der Waals surface area contributed by atoms with E-state index in [4.69, 9.17) is 0 Å². The van der Waals surface area contributed by atoms with Crippen LogP contribution in [0.3, 0.4) is 0 Å². The number of unbranched alkanes of at least 4 members (excludes halogenated alkanes) is 4. The summed E-state index contributed by atoms with van der Waals surface area (Å²) in [4.78, 5) is 14.2. The molecule has 1 aliphatic rings. The van der Waals surface area contributed by atoms with Crippen molar-refractivity contribution in [3.05, 3.63) is 12.2 Å². The zero-order valence-electron chi connectivity index (χ0n) is 15.4. The zero-order valence-corrected chi connectivity index (χ0v) is 15.4. The topological polar surface area (TPSA) is 20.3 Å². The van der Waals surface area contributed by atoms with Crippen LogP contribution in [0.2, 0.25) is 0 Å². The van der Waals surface area contributed by atoms with E-state index in [2.05, 4.69) is 49.7 Å². The summed E-state index contributed by atoms with van der Waals surface area (Å²) in [5.41, 5.74) is 0. The third-order valence-electron chi connectivity index (χ3n) is 4.53. The first-order valence-corrected chi connectivity index (χ1v) is 9.60. The van der Waals surface area contributed by atoms with Crippen LogP contribution < -0.4 is 0 Å². The smallest absolute Gasteiger partial charge is 0.223 e. The maximum atomic E-state index is 12.0. The maximum Gasteiger partial charge on any atom is 0.223 e. The molecule has 2 heteroatoms. The minimum atomic E-state index is 0.336. The Morgan fingerprint density at radius 3 is 2.74 bits per heavy atom. The molecule has 130 valence electrons. The lowest BCUT2D eigenvalue weighted by Gasteiger charge is -2.22. The van der Waals surface area contributed by atoms with Crippen LogP contribution in [0.5, 0.6) is 0 Å². The van der Waals surface area contributed by atoms with Gasteiger partial charge in [-0.2, -0.15) is 0 Å². The Labute approximate surface area is 143 Å². The van der Waals surface area contributed by atoms with Gasteiger partial charge in [-0.15, -0.1) is 11.8 Å². The number of rotatable bonds is 10. The third kappa shape index (κ3) is 8.26. The van der Waals surface area contributed by atoms with E-state index in [0.29, 0.717) is 17.9 Å². The molecule has 2 atom stereocenters. The minimum absolute atomic E-state index is 0.336. The predicted octanol–water partition coefficient (Wildman–Crippen LogP) is 5.33. The fourth-order valence-electron chi connectivity index (χ4n) is 3.05. The first-order chi connectivity index (χ1) is 11.2. The van der Waals surface area contributed by atoms with Gasteiger partial charge in [0.15, 0.2) is 0 Å². The lowest BCUT2D eigenvalue weighted by atomic mass is 10.0. The standard InChI is InChI=1S/C21H35NO/c1-4-6-8-9-11-18-22-20(16-17-21(22)23)15-12-14-19(3)13-10-7-5-2/h12,15,19-20H,4-6,8-9,11,13-14,16-18H2,1-3H3/b15-12+. The van der Waals surface area contributed by atoms with Gasteiger partial charge in [-0.3, -0.25) is 4.79 Å². The van der Waals surface area contributed by atoms with E-state index in [9.17, 15) is 4.79 Å². The highest BCUT2D eigenvalue weighted by atomic mass is 16.2. The van der Waals surface area contributed by atoms with E-state index in [0.717, 1.165) is 45.1 Å². The summed E-state index contributed by atoms with van der Waals surface area (Å²) in [5.74, 6) is 7.31. The summed E-state index contributed by atoms with van der Waals surface area (Å²) in [7, 11) is 0. The second kappa shape index (κ2) is 12.2. The molecule has 0 radical (unpaired) electrons. The molecule has 23 heavy (non-hydrogen) atoms. The largest absolute Gasteiger partial charge is 0.336 e. The summed E-state index contributed by atoms with van der Waals surface area (Å²) < 4.78 is 0. The van der Waals surface area contributed by atoms with E-state index in [1.54, 1.807) is 0 Å². The molecule has 0 N–H and O–H groups in total. The van der Waals surface area contributed by atoms with Crippen molar-refractivity contribution in [2.75, 3.05) is 6.54 Å². The molecule has 1 saturated heterocycles. The monoisotopic (exact) mass is 317 g/mol. The molecule has 0 aromatic carbocycles. The summed E-state index contributed by atoms with van der Waals surface area (Å²) in [6, 6.07) is 0.336. The molecule has 1 amide bonds. The number of nitrogens with zero attached hydrogens (tertiary/aromatic N) is 1. The zero-order chi connectivity index (χ0) is 16.9. The molecule has 1 heterocycles. The number of hydrogen-bond acceptors (Lipinski definition) is 1. The summed E-state index contributed by atoms with van der Waals surface area (Å²) in [5, 5.41) is 0. The molecule has 0 aliphatic carbocycles. The molecule has 1 aliphatic heterocycles. The molecule has 2 unspecified atom stereocenters. The van der Waals surface area contributed by atoms with Crippen molar-refractivity contribution in [1.29, 1.82) is 0 Å². The molecular formula is C21H35NO. The van der Waals surface area contributed by atoms with E-state index in [1.165, 1.54) is 25.7 Å².